The van der Waals surface area contributed by atoms with Gasteiger partial charge < -0.3 is 13.7 Å². The van der Waals surface area contributed by atoms with Crippen LogP contribution < -0.4 is 4.78 Å². The Morgan fingerprint density at radius 3 is 2.08 bits per heavy atom. The molecule has 2 aromatic heterocycles. The summed E-state index contributed by atoms with van der Waals surface area (Å²) in [6.07, 6.45) is 0. The van der Waals surface area contributed by atoms with Crippen molar-refractivity contribution in [1.82, 2.24) is 0 Å². The summed E-state index contributed by atoms with van der Waals surface area (Å²) in [5, 5.41) is 2.02. The highest BCUT2D eigenvalue weighted by Gasteiger charge is 2.80. The molecule has 0 unspecified atom stereocenters. The molecule has 0 N–H and O–H groups in total. The molecule has 0 bridgehead atoms. The van der Waals surface area contributed by atoms with Crippen LogP contribution in [0.1, 0.15) is 27.7 Å². The van der Waals surface area contributed by atoms with Gasteiger partial charge in [0.25, 0.3) is 0 Å². The van der Waals surface area contributed by atoms with Crippen molar-refractivity contribution in [3.05, 3.63) is 29.6 Å². The van der Waals surface area contributed by atoms with Gasteiger partial charge in [0.2, 0.25) is 0 Å². The molecule has 5 nitrogen and oxygen atoms in total. The lowest BCUT2D eigenvalue weighted by molar-refractivity contribution is -0.885. The van der Waals surface area contributed by atoms with Crippen molar-refractivity contribution in [3.8, 4) is 9.75 Å². The zero-order valence-corrected chi connectivity index (χ0v) is 16.5. The van der Waals surface area contributed by atoms with Crippen LogP contribution in [0.2, 0.25) is 0 Å². The summed E-state index contributed by atoms with van der Waals surface area (Å²) in [6, 6.07) is 7.99. The average Bonchev–Trinajstić information content (AvgIpc) is 3.26. The van der Waals surface area contributed by atoms with Crippen LogP contribution in [0.5, 0.6) is 0 Å². The van der Waals surface area contributed by atoms with E-state index in [1.54, 1.807) is 11.3 Å². The molecule has 0 radical (unpaired) electrons. The third-order valence-corrected chi connectivity index (χ3v) is 8.56. The van der Waals surface area contributed by atoms with Crippen LogP contribution in [-0.2, 0) is 18.9 Å². The van der Waals surface area contributed by atoms with Gasteiger partial charge in [0.05, 0.1) is 0 Å². The van der Waals surface area contributed by atoms with E-state index in [0.717, 1.165) is 14.5 Å². The van der Waals surface area contributed by atoms with E-state index < -0.39 is 17.8 Å². The highest BCUT2D eigenvalue weighted by molar-refractivity contribution is 7.29. The molecule has 4 heterocycles. The van der Waals surface area contributed by atoms with Crippen LogP contribution in [0.4, 0.5) is 0 Å². The highest BCUT2D eigenvalue weighted by Crippen LogP contribution is 2.52. The Balaban J connectivity index is 1.93. The fourth-order valence-electron chi connectivity index (χ4n) is 4.21. The summed E-state index contributed by atoms with van der Waals surface area (Å²) in [5.74, 6) is -0.664. The van der Waals surface area contributed by atoms with Crippen LogP contribution >= 0.6 is 22.7 Å². The number of carbonyl (C=O) groups is 2. The number of quaternary nitrogens is 1. The van der Waals surface area contributed by atoms with E-state index in [-0.39, 0.29) is 16.3 Å². The Morgan fingerprint density at radius 2 is 1.56 bits per heavy atom. The van der Waals surface area contributed by atoms with Crippen molar-refractivity contribution in [2.45, 2.75) is 38.8 Å². The Labute approximate surface area is 154 Å². The van der Waals surface area contributed by atoms with Gasteiger partial charge >= 0.3 is 18.6 Å². The molecule has 0 amide bonds. The van der Waals surface area contributed by atoms with Gasteiger partial charge in [0.15, 0.2) is 11.1 Å². The molecule has 2 saturated heterocycles. The molecule has 0 atom stereocenters. The van der Waals surface area contributed by atoms with Gasteiger partial charge in [-0.1, -0.05) is 12.1 Å². The summed E-state index contributed by atoms with van der Waals surface area (Å²) >= 11 is 3.18. The molecule has 0 aliphatic carbocycles. The number of likely N-dealkylation sites (N-methyl/N-ethyl adjacent to an activating group) is 1. The minimum Gasteiger partial charge on any atom is -0.595 e. The van der Waals surface area contributed by atoms with E-state index in [1.165, 1.54) is 11.3 Å². The second kappa shape index (κ2) is 4.75. The molecule has 2 fully saturated rings. The topological polar surface area (TPSA) is 52.6 Å². The number of nitrogens with zero attached hydrogens (tertiary/aromatic N) is 1. The summed E-state index contributed by atoms with van der Waals surface area (Å²) in [7, 11) is 1.90. The van der Waals surface area contributed by atoms with Crippen molar-refractivity contribution >= 4 is 46.1 Å². The van der Waals surface area contributed by atoms with E-state index in [2.05, 4.69) is 0 Å². The van der Waals surface area contributed by atoms with Gasteiger partial charge in [-0.25, -0.2) is 9.59 Å². The number of thiophene rings is 2. The SMILES string of the molecule is CC1(C)C(=O)O[B-]2(c3ccc(-c4cccs4)s3)OC(=O)C(C)(C)[N+]21C. The lowest BCUT2D eigenvalue weighted by atomic mass is 9.62. The van der Waals surface area contributed by atoms with Gasteiger partial charge in [0.1, 0.15) is 0 Å². The van der Waals surface area contributed by atoms with E-state index >= 15 is 0 Å². The number of fused-ring (bicyclic) bond motifs is 1. The molecular weight excluding hydrogens is 357 g/mol. The molecule has 2 aliphatic rings. The Morgan fingerprint density at radius 1 is 0.960 bits per heavy atom. The fourth-order valence-corrected chi connectivity index (χ4v) is 6.28. The molecule has 132 valence electrons. The van der Waals surface area contributed by atoms with Crippen molar-refractivity contribution < 1.29 is 23.3 Å². The molecule has 8 heteroatoms. The van der Waals surface area contributed by atoms with Gasteiger partial charge in [-0.2, -0.15) is 11.3 Å². The number of hydrogen-bond donors (Lipinski definition) is 0. The van der Waals surface area contributed by atoms with Crippen LogP contribution in [0.15, 0.2) is 29.6 Å². The Hall–Kier alpha value is -1.64. The zero-order valence-electron chi connectivity index (χ0n) is 14.9. The zero-order chi connectivity index (χ0) is 18.3. The number of carbonyl (C=O) groups excluding carboxylic acids is 2. The minimum atomic E-state index is -2.28. The second-order valence-electron chi connectivity index (χ2n) is 7.86. The summed E-state index contributed by atoms with van der Waals surface area (Å²) in [4.78, 5) is 27.7. The monoisotopic (exact) mass is 377 g/mol. The van der Waals surface area contributed by atoms with Crippen molar-refractivity contribution in [3.63, 3.8) is 0 Å². The molecule has 2 aliphatic heterocycles. The summed E-state index contributed by atoms with van der Waals surface area (Å²) in [5.41, 5.74) is -1.77. The predicted octanol–water partition coefficient (Wildman–Crippen LogP) is 2.74. The first-order chi connectivity index (χ1) is 11.6. The second-order valence-corrected chi connectivity index (χ2v) is 9.92. The molecule has 0 saturated carbocycles. The van der Waals surface area contributed by atoms with E-state index in [1.807, 2.05) is 64.4 Å². The maximum Gasteiger partial charge on any atom is 0.625 e. The van der Waals surface area contributed by atoms with Crippen molar-refractivity contribution in [2.75, 3.05) is 7.05 Å². The van der Waals surface area contributed by atoms with Crippen LogP contribution in [0.3, 0.4) is 0 Å². The molecular formula is C17H20BNO4S2. The first-order valence-corrected chi connectivity index (χ1v) is 9.89. The lowest BCUT2D eigenvalue weighted by Gasteiger charge is -2.54. The molecule has 25 heavy (non-hydrogen) atoms. The standard InChI is InChI=1S/C17H20BNO4S2/c1-16(2)14(20)22-18(19(16,5)17(3,4)15(21)23-18)13-9-8-12(25-13)11-7-6-10-24-11/h6-10H,1-5H3. The van der Waals surface area contributed by atoms with E-state index in [9.17, 15) is 9.59 Å². The highest BCUT2D eigenvalue weighted by atomic mass is 32.1. The molecule has 4 rings (SSSR count). The third kappa shape index (κ3) is 1.72. The number of hydrogen-bond acceptors (Lipinski definition) is 6. The smallest absolute Gasteiger partial charge is 0.595 e. The summed E-state index contributed by atoms with van der Waals surface area (Å²) < 4.78 is 12.7. The largest absolute Gasteiger partial charge is 0.625 e. The molecule has 0 spiro atoms. The van der Waals surface area contributed by atoms with Crippen LogP contribution in [-0.4, -0.2) is 41.1 Å². The maximum atomic E-state index is 12.7. The van der Waals surface area contributed by atoms with Gasteiger partial charge in [-0.15, -0.1) is 11.3 Å². The summed E-state index contributed by atoms with van der Waals surface area (Å²) in [6.45, 7) is 5.04. The fraction of sp³-hybridized carbons (Fsp3) is 0.412. The minimum absolute atomic E-state index is 0.0993. The first-order valence-electron chi connectivity index (χ1n) is 8.19. The van der Waals surface area contributed by atoms with Crippen LogP contribution in [0, 0.1) is 0 Å². The Kier molecular flexibility index (Phi) is 3.19. The normalized spacial score (nSPS) is 32.4. The van der Waals surface area contributed by atoms with Crippen molar-refractivity contribution in [2.24, 2.45) is 0 Å². The van der Waals surface area contributed by atoms with E-state index in [0.29, 0.717) is 0 Å². The van der Waals surface area contributed by atoms with Crippen molar-refractivity contribution in [1.29, 1.82) is 0 Å². The van der Waals surface area contributed by atoms with Gasteiger partial charge in [-0.3, -0.25) is 0 Å². The lowest BCUT2D eigenvalue weighted by Crippen LogP contribution is -2.77. The van der Waals surface area contributed by atoms with Gasteiger partial charge in [-0.05, 0) is 45.2 Å². The third-order valence-electron chi connectivity index (χ3n) is 6.29. The number of rotatable bonds is 2. The average molecular weight is 377 g/mol. The Bertz CT molecular complexity index is 854. The molecule has 0 aromatic carbocycles. The van der Waals surface area contributed by atoms with Crippen LogP contribution in [0.25, 0.3) is 9.75 Å². The van der Waals surface area contributed by atoms with E-state index in [4.69, 9.17) is 9.31 Å². The molecule has 2 aromatic rings. The maximum absolute atomic E-state index is 12.7. The van der Waals surface area contributed by atoms with Gasteiger partial charge in [0, 0.05) is 21.6 Å². The quantitative estimate of drug-likeness (QED) is 0.756. The first kappa shape index (κ1) is 16.8. The predicted molar refractivity (Wildman–Crippen MR) is 99.5 cm³/mol.